The van der Waals surface area contributed by atoms with E-state index < -0.39 is 23.8 Å². The lowest BCUT2D eigenvalue weighted by Gasteiger charge is -2.33. The number of nitrogens with zero attached hydrogens (tertiary/aromatic N) is 1. The Labute approximate surface area is 131 Å². The first-order chi connectivity index (χ1) is 9.85. The summed E-state index contributed by atoms with van der Waals surface area (Å²) < 4.78 is 0. The van der Waals surface area contributed by atoms with Crippen LogP contribution in [0.2, 0.25) is 10.0 Å². The summed E-state index contributed by atoms with van der Waals surface area (Å²) in [6.07, 6.45) is 0.374. The highest BCUT2D eigenvalue weighted by atomic mass is 35.5. The number of carbonyl (C=O) groups excluding carboxylic acids is 3. The summed E-state index contributed by atoms with van der Waals surface area (Å²) in [5.74, 6) is -1.60. The van der Waals surface area contributed by atoms with Crippen LogP contribution in [0.25, 0.3) is 0 Å². The molecule has 112 valence electrons. The molecule has 1 saturated heterocycles. The van der Waals surface area contributed by atoms with Crippen molar-refractivity contribution in [1.29, 1.82) is 0 Å². The van der Waals surface area contributed by atoms with Crippen molar-refractivity contribution in [3.63, 3.8) is 0 Å². The zero-order chi connectivity index (χ0) is 15.7. The second-order valence-electron chi connectivity index (χ2n) is 4.63. The van der Waals surface area contributed by atoms with Crippen LogP contribution in [0, 0.1) is 0 Å². The van der Waals surface area contributed by atoms with E-state index >= 15 is 0 Å². The Hall–Kier alpha value is -1.79. The van der Waals surface area contributed by atoms with Gasteiger partial charge >= 0.3 is 0 Å². The molecule has 3 amide bonds. The molecule has 3 N–H and O–H groups in total. The van der Waals surface area contributed by atoms with E-state index in [0.29, 0.717) is 6.42 Å². The second kappa shape index (κ2) is 5.91. The van der Waals surface area contributed by atoms with Crippen LogP contribution in [0.15, 0.2) is 12.1 Å². The van der Waals surface area contributed by atoms with Gasteiger partial charge in [0.2, 0.25) is 11.8 Å². The van der Waals surface area contributed by atoms with Gasteiger partial charge in [-0.2, -0.15) is 0 Å². The van der Waals surface area contributed by atoms with E-state index in [0.717, 1.165) is 0 Å². The molecule has 1 atom stereocenters. The first-order valence-corrected chi connectivity index (χ1v) is 7.00. The number of piperazine rings is 1. The maximum atomic E-state index is 12.6. The summed E-state index contributed by atoms with van der Waals surface area (Å²) in [7, 11) is 0. The minimum absolute atomic E-state index is 0.0455. The Kier molecular flexibility index (Phi) is 4.39. The highest BCUT2D eigenvalue weighted by Crippen LogP contribution is 2.30. The summed E-state index contributed by atoms with van der Waals surface area (Å²) in [5, 5.41) is 2.38. The van der Waals surface area contributed by atoms with Crippen molar-refractivity contribution in [2.24, 2.45) is 0 Å². The molecule has 0 radical (unpaired) electrons. The van der Waals surface area contributed by atoms with Gasteiger partial charge in [0.25, 0.3) is 5.91 Å². The molecule has 0 saturated carbocycles. The molecule has 0 aliphatic carbocycles. The van der Waals surface area contributed by atoms with Crippen LogP contribution in [0.4, 0.5) is 5.69 Å². The van der Waals surface area contributed by atoms with E-state index in [1.54, 1.807) is 6.92 Å². The minimum atomic E-state index is -0.730. The molecule has 1 aliphatic heterocycles. The molecule has 6 nitrogen and oxygen atoms in total. The van der Waals surface area contributed by atoms with Crippen LogP contribution in [-0.2, 0) is 9.59 Å². The molecule has 0 aromatic heterocycles. The first kappa shape index (κ1) is 15.6. The number of nitrogens with one attached hydrogen (secondary N) is 1. The molecule has 21 heavy (non-hydrogen) atoms. The number of nitrogens with two attached hydrogens (primary N) is 1. The smallest absolute Gasteiger partial charge is 0.256 e. The van der Waals surface area contributed by atoms with Gasteiger partial charge in [-0.05, 0) is 18.6 Å². The Bertz CT molecular complexity index is 633. The molecule has 1 aliphatic rings. The van der Waals surface area contributed by atoms with Gasteiger partial charge in [-0.15, -0.1) is 0 Å². The largest absolute Gasteiger partial charge is 0.399 e. The predicted octanol–water partition coefficient (Wildman–Crippen LogP) is 1.45. The molecule has 0 bridgehead atoms. The van der Waals surface area contributed by atoms with Crippen LogP contribution >= 0.6 is 23.2 Å². The number of carbonyl (C=O) groups is 3. The normalized spacial score (nSPS) is 18.6. The van der Waals surface area contributed by atoms with E-state index in [9.17, 15) is 14.4 Å². The molecule has 1 fully saturated rings. The SMILES string of the molecule is CCC1C(=O)NC(=O)CN1C(=O)c1cc(N)cc(Cl)c1Cl. The highest BCUT2D eigenvalue weighted by molar-refractivity contribution is 6.44. The van der Waals surface area contributed by atoms with Gasteiger partial charge in [-0.25, -0.2) is 0 Å². The van der Waals surface area contributed by atoms with Gasteiger partial charge in [0, 0.05) is 5.69 Å². The molecular formula is C13H13Cl2N3O3. The lowest BCUT2D eigenvalue weighted by molar-refractivity contribution is -0.138. The molecule has 1 heterocycles. The van der Waals surface area contributed by atoms with Crippen LogP contribution in [0.5, 0.6) is 0 Å². The molecule has 0 spiro atoms. The average molecular weight is 330 g/mol. The summed E-state index contributed by atoms with van der Waals surface area (Å²) in [6, 6.07) is 2.07. The zero-order valence-electron chi connectivity index (χ0n) is 11.2. The number of anilines is 1. The van der Waals surface area contributed by atoms with Crippen molar-refractivity contribution in [3.05, 3.63) is 27.7 Å². The number of amides is 3. The fraction of sp³-hybridized carbons (Fsp3) is 0.308. The number of imide groups is 1. The van der Waals surface area contributed by atoms with Crippen molar-refractivity contribution in [2.45, 2.75) is 19.4 Å². The van der Waals surface area contributed by atoms with Gasteiger partial charge in [0.1, 0.15) is 12.6 Å². The number of rotatable bonds is 2. The fourth-order valence-electron chi connectivity index (χ4n) is 2.21. The van der Waals surface area contributed by atoms with E-state index in [1.165, 1.54) is 17.0 Å². The minimum Gasteiger partial charge on any atom is -0.399 e. The van der Waals surface area contributed by atoms with Gasteiger partial charge < -0.3 is 10.6 Å². The van der Waals surface area contributed by atoms with Gasteiger partial charge in [0.05, 0.1) is 15.6 Å². The average Bonchev–Trinajstić information content (AvgIpc) is 2.41. The Morgan fingerprint density at radius 2 is 2.10 bits per heavy atom. The first-order valence-electron chi connectivity index (χ1n) is 6.24. The van der Waals surface area contributed by atoms with E-state index in [-0.39, 0.29) is 27.8 Å². The maximum absolute atomic E-state index is 12.6. The fourth-order valence-corrected chi connectivity index (χ4v) is 2.62. The number of benzene rings is 1. The lowest BCUT2D eigenvalue weighted by Crippen LogP contribution is -2.59. The van der Waals surface area contributed by atoms with E-state index in [2.05, 4.69) is 5.32 Å². The standard InChI is InChI=1S/C13H13Cl2N3O3/c1-2-9-12(20)17-10(19)5-18(9)13(21)7-3-6(16)4-8(14)11(7)15/h3-4,9H,2,5,16H2,1H3,(H,17,19,20). The third-order valence-corrected chi connectivity index (χ3v) is 3.99. The predicted molar refractivity (Wildman–Crippen MR) is 79.1 cm³/mol. The number of hydrogen-bond acceptors (Lipinski definition) is 4. The molecular weight excluding hydrogens is 317 g/mol. The zero-order valence-corrected chi connectivity index (χ0v) is 12.7. The molecule has 1 aromatic rings. The summed E-state index contributed by atoms with van der Waals surface area (Å²) in [4.78, 5) is 37.0. The van der Waals surface area contributed by atoms with Crippen LogP contribution in [0.3, 0.4) is 0 Å². The molecule has 8 heteroatoms. The van der Waals surface area contributed by atoms with Crippen molar-refractivity contribution in [1.82, 2.24) is 10.2 Å². The third-order valence-electron chi connectivity index (χ3n) is 3.18. The number of halogens is 2. The monoisotopic (exact) mass is 329 g/mol. The Balaban J connectivity index is 2.42. The van der Waals surface area contributed by atoms with E-state index in [1.807, 2.05) is 0 Å². The Morgan fingerprint density at radius 1 is 1.43 bits per heavy atom. The molecule has 1 aromatic carbocycles. The topological polar surface area (TPSA) is 92.5 Å². The van der Waals surface area contributed by atoms with Crippen molar-refractivity contribution < 1.29 is 14.4 Å². The number of hydrogen-bond donors (Lipinski definition) is 2. The number of nitrogen functional groups attached to an aromatic ring is 1. The van der Waals surface area contributed by atoms with Crippen LogP contribution in [-0.4, -0.2) is 35.2 Å². The van der Waals surface area contributed by atoms with Crippen LogP contribution in [0.1, 0.15) is 23.7 Å². The van der Waals surface area contributed by atoms with Gasteiger partial charge in [-0.3, -0.25) is 19.7 Å². The summed E-state index contributed by atoms with van der Waals surface area (Å²) >= 11 is 11.9. The maximum Gasteiger partial charge on any atom is 0.256 e. The van der Waals surface area contributed by atoms with Crippen molar-refractivity contribution in [2.75, 3.05) is 12.3 Å². The molecule has 2 rings (SSSR count). The van der Waals surface area contributed by atoms with Crippen molar-refractivity contribution >= 4 is 46.6 Å². The second-order valence-corrected chi connectivity index (χ2v) is 5.42. The summed E-state index contributed by atoms with van der Waals surface area (Å²) in [6.45, 7) is 1.53. The summed E-state index contributed by atoms with van der Waals surface area (Å²) in [5.41, 5.74) is 6.00. The van der Waals surface area contributed by atoms with Gasteiger partial charge in [0.15, 0.2) is 0 Å². The quantitative estimate of drug-likeness (QED) is 0.634. The van der Waals surface area contributed by atoms with Gasteiger partial charge in [-0.1, -0.05) is 30.1 Å². The third kappa shape index (κ3) is 2.96. The highest BCUT2D eigenvalue weighted by Gasteiger charge is 2.36. The lowest BCUT2D eigenvalue weighted by atomic mass is 10.1. The van der Waals surface area contributed by atoms with Crippen molar-refractivity contribution in [3.8, 4) is 0 Å². The Morgan fingerprint density at radius 3 is 2.71 bits per heavy atom. The van der Waals surface area contributed by atoms with E-state index in [4.69, 9.17) is 28.9 Å². The molecule has 1 unspecified atom stereocenters. The van der Waals surface area contributed by atoms with Crippen LogP contribution < -0.4 is 11.1 Å².